The summed E-state index contributed by atoms with van der Waals surface area (Å²) in [5.41, 5.74) is 0.544. The lowest BCUT2D eigenvalue weighted by Gasteiger charge is -2.39. The molecule has 0 aliphatic heterocycles. The van der Waals surface area contributed by atoms with Crippen molar-refractivity contribution in [1.82, 2.24) is 25.4 Å². The molecule has 1 saturated carbocycles. The molecular formula is C15H12BrN5O2. The first-order chi connectivity index (χ1) is 11.2. The Balaban J connectivity index is 1.64. The summed E-state index contributed by atoms with van der Waals surface area (Å²) in [5, 5.41) is 7.72. The van der Waals surface area contributed by atoms with Crippen LogP contribution >= 0.6 is 15.9 Å². The number of rotatable bonds is 3. The molecule has 0 radical (unpaired) electrons. The van der Waals surface area contributed by atoms with Crippen molar-refractivity contribution in [3.63, 3.8) is 0 Å². The van der Waals surface area contributed by atoms with Gasteiger partial charge in [0.2, 0.25) is 6.39 Å². The number of nitrogens with zero attached hydrogens (tertiary/aromatic N) is 4. The Bertz CT molecular complexity index is 877. The number of carbonyl (C=O) groups is 1. The van der Waals surface area contributed by atoms with Crippen LogP contribution < -0.4 is 5.32 Å². The molecule has 3 aromatic rings. The first-order valence-corrected chi connectivity index (χ1v) is 7.96. The van der Waals surface area contributed by atoms with E-state index in [4.69, 9.17) is 4.52 Å². The van der Waals surface area contributed by atoms with Gasteiger partial charge in [-0.1, -0.05) is 5.16 Å². The monoisotopic (exact) mass is 373 g/mol. The van der Waals surface area contributed by atoms with Crippen LogP contribution in [-0.4, -0.2) is 26.0 Å². The molecule has 4 rings (SSSR count). The number of fused-ring (bicyclic) bond motifs is 1. The van der Waals surface area contributed by atoms with E-state index >= 15 is 0 Å². The fourth-order valence-corrected chi connectivity index (χ4v) is 3.08. The topological polar surface area (TPSA) is 93.8 Å². The lowest BCUT2D eigenvalue weighted by Crippen LogP contribution is -2.51. The van der Waals surface area contributed by atoms with Crippen LogP contribution in [0.2, 0.25) is 0 Å². The molecule has 3 heterocycles. The van der Waals surface area contributed by atoms with E-state index in [1.54, 1.807) is 12.3 Å². The number of aromatic nitrogens is 4. The normalized spacial score (nSPS) is 16.0. The van der Waals surface area contributed by atoms with Gasteiger partial charge in [-0.05, 0) is 47.3 Å². The summed E-state index contributed by atoms with van der Waals surface area (Å²) in [7, 11) is 0. The van der Waals surface area contributed by atoms with Gasteiger partial charge in [0.15, 0.2) is 11.5 Å². The molecule has 116 valence electrons. The molecule has 1 fully saturated rings. The minimum atomic E-state index is -0.533. The molecule has 0 saturated heterocycles. The molecule has 7 nitrogen and oxygen atoms in total. The van der Waals surface area contributed by atoms with Crippen molar-refractivity contribution in [2.24, 2.45) is 0 Å². The van der Waals surface area contributed by atoms with Gasteiger partial charge in [-0.3, -0.25) is 4.79 Å². The highest BCUT2D eigenvalue weighted by Crippen LogP contribution is 2.39. The Labute approximate surface area is 139 Å². The lowest BCUT2D eigenvalue weighted by atomic mass is 9.76. The highest BCUT2D eigenvalue weighted by molar-refractivity contribution is 9.10. The Morgan fingerprint density at radius 1 is 1.22 bits per heavy atom. The van der Waals surface area contributed by atoms with Gasteiger partial charge in [0, 0.05) is 22.3 Å². The van der Waals surface area contributed by atoms with Crippen LogP contribution in [0.3, 0.4) is 0 Å². The molecule has 0 spiro atoms. The van der Waals surface area contributed by atoms with Crippen molar-refractivity contribution < 1.29 is 9.32 Å². The van der Waals surface area contributed by atoms with Gasteiger partial charge in [0.05, 0.1) is 5.56 Å². The third-order valence-electron chi connectivity index (χ3n) is 4.11. The van der Waals surface area contributed by atoms with Crippen LogP contribution in [0.5, 0.6) is 0 Å². The number of pyridine rings is 2. The molecule has 23 heavy (non-hydrogen) atoms. The molecule has 0 unspecified atom stereocenters. The Hall–Kier alpha value is -2.35. The molecule has 1 aliphatic carbocycles. The summed E-state index contributed by atoms with van der Waals surface area (Å²) in [6.45, 7) is 0. The first-order valence-electron chi connectivity index (χ1n) is 7.17. The summed E-state index contributed by atoms with van der Waals surface area (Å²) >= 11 is 3.37. The van der Waals surface area contributed by atoms with Crippen molar-refractivity contribution in [2.75, 3.05) is 0 Å². The zero-order chi connectivity index (χ0) is 15.9. The van der Waals surface area contributed by atoms with Gasteiger partial charge >= 0.3 is 0 Å². The molecular weight excluding hydrogens is 362 g/mol. The van der Waals surface area contributed by atoms with Gasteiger partial charge in [0.25, 0.3) is 5.91 Å². The maximum atomic E-state index is 12.6. The number of hydrogen-bond acceptors (Lipinski definition) is 6. The molecule has 1 aliphatic rings. The summed E-state index contributed by atoms with van der Waals surface area (Å²) < 4.78 is 5.66. The molecule has 3 aromatic heterocycles. The van der Waals surface area contributed by atoms with E-state index in [-0.39, 0.29) is 5.91 Å². The van der Waals surface area contributed by atoms with Gasteiger partial charge < -0.3 is 9.84 Å². The highest BCUT2D eigenvalue weighted by Gasteiger charge is 2.44. The molecule has 1 amide bonds. The molecule has 1 N–H and O–H groups in total. The first kappa shape index (κ1) is 14.3. The number of carbonyl (C=O) groups excluding carboxylic acids is 1. The van der Waals surface area contributed by atoms with Crippen molar-refractivity contribution in [3.8, 4) is 0 Å². The van der Waals surface area contributed by atoms with Crippen LogP contribution in [0, 0.1) is 0 Å². The predicted molar refractivity (Wildman–Crippen MR) is 84.5 cm³/mol. The fourth-order valence-electron chi connectivity index (χ4n) is 2.73. The van der Waals surface area contributed by atoms with E-state index < -0.39 is 5.54 Å². The zero-order valence-electron chi connectivity index (χ0n) is 12.0. The third-order valence-corrected chi connectivity index (χ3v) is 4.54. The van der Waals surface area contributed by atoms with Crippen LogP contribution in [0.1, 0.15) is 35.4 Å². The molecule has 0 aromatic carbocycles. The summed E-state index contributed by atoms with van der Waals surface area (Å²) in [6.07, 6.45) is 7.10. The minimum absolute atomic E-state index is 0.205. The largest absolute Gasteiger partial charge is 0.343 e. The molecule has 0 atom stereocenters. The van der Waals surface area contributed by atoms with E-state index in [1.165, 1.54) is 12.6 Å². The van der Waals surface area contributed by atoms with Crippen molar-refractivity contribution in [1.29, 1.82) is 0 Å². The summed E-state index contributed by atoms with van der Waals surface area (Å²) in [5.74, 6) is 0.319. The van der Waals surface area contributed by atoms with E-state index in [0.29, 0.717) is 17.0 Å². The molecule has 0 bridgehead atoms. The maximum absolute atomic E-state index is 12.6. The van der Waals surface area contributed by atoms with Crippen molar-refractivity contribution in [2.45, 2.75) is 24.8 Å². The number of hydrogen-bond donors (Lipinski definition) is 1. The summed E-state index contributed by atoms with van der Waals surface area (Å²) in [4.78, 5) is 25.1. The predicted octanol–water partition coefficient (Wildman–Crippen LogP) is 2.58. The second kappa shape index (κ2) is 5.38. The van der Waals surface area contributed by atoms with Gasteiger partial charge in [-0.2, -0.15) is 4.98 Å². The van der Waals surface area contributed by atoms with Gasteiger partial charge in [-0.25, -0.2) is 9.97 Å². The highest BCUT2D eigenvalue weighted by atomic mass is 79.9. The average molecular weight is 374 g/mol. The lowest BCUT2D eigenvalue weighted by molar-refractivity contribution is 0.0804. The second-order valence-electron chi connectivity index (χ2n) is 5.57. The zero-order valence-corrected chi connectivity index (χ0v) is 13.6. The van der Waals surface area contributed by atoms with Crippen LogP contribution in [0.4, 0.5) is 0 Å². The third kappa shape index (κ3) is 2.48. The number of halogens is 1. The van der Waals surface area contributed by atoms with Crippen LogP contribution in [0.25, 0.3) is 11.0 Å². The van der Waals surface area contributed by atoms with Crippen LogP contribution in [-0.2, 0) is 5.54 Å². The Morgan fingerprint density at radius 3 is 2.74 bits per heavy atom. The van der Waals surface area contributed by atoms with Crippen molar-refractivity contribution in [3.05, 3.63) is 46.8 Å². The maximum Gasteiger partial charge on any atom is 0.253 e. The van der Waals surface area contributed by atoms with Gasteiger partial charge in [-0.15, -0.1) is 0 Å². The second-order valence-corrected chi connectivity index (χ2v) is 6.48. The van der Waals surface area contributed by atoms with Crippen molar-refractivity contribution >= 4 is 32.9 Å². The number of amides is 1. The van der Waals surface area contributed by atoms with Gasteiger partial charge in [0.1, 0.15) is 5.54 Å². The standard InChI is InChI=1S/C15H12BrN5O2/c16-11-5-9-4-10(6-17-12(9)18-7-11)13(22)20-15(2-1-3-15)14-19-8-23-21-14/h4-8H,1-3H2,(H,20,22). The van der Waals surface area contributed by atoms with E-state index in [2.05, 4.69) is 41.4 Å². The quantitative estimate of drug-likeness (QED) is 0.758. The van der Waals surface area contributed by atoms with Crippen LogP contribution in [0.15, 0.2) is 39.9 Å². The Kier molecular flexibility index (Phi) is 3.33. The smallest absolute Gasteiger partial charge is 0.253 e. The minimum Gasteiger partial charge on any atom is -0.343 e. The summed E-state index contributed by atoms with van der Waals surface area (Å²) in [6, 6.07) is 3.66. The Morgan fingerprint density at radius 2 is 2.04 bits per heavy atom. The molecule has 8 heteroatoms. The van der Waals surface area contributed by atoms with E-state index in [0.717, 1.165) is 29.1 Å². The average Bonchev–Trinajstić information content (AvgIpc) is 3.04. The SMILES string of the molecule is O=C(NC1(c2ncon2)CCC1)c1cnc2ncc(Br)cc2c1. The fraction of sp³-hybridized carbons (Fsp3) is 0.267. The number of nitrogens with one attached hydrogen (secondary N) is 1. The van der Waals surface area contributed by atoms with E-state index in [1.807, 2.05) is 6.07 Å². The van der Waals surface area contributed by atoms with E-state index in [9.17, 15) is 4.79 Å².